The van der Waals surface area contributed by atoms with Gasteiger partial charge in [0.25, 0.3) is 0 Å². The third-order valence-electron chi connectivity index (χ3n) is 6.21. The van der Waals surface area contributed by atoms with Crippen LogP contribution in [0.1, 0.15) is 50.5 Å². The minimum absolute atomic E-state index is 0.0692. The minimum Gasteiger partial charge on any atom is -0.486 e. The van der Waals surface area contributed by atoms with Crippen molar-refractivity contribution >= 4 is 5.91 Å². The summed E-state index contributed by atoms with van der Waals surface area (Å²) in [7, 11) is 0. The van der Waals surface area contributed by atoms with Gasteiger partial charge in [-0.05, 0) is 55.8 Å². The van der Waals surface area contributed by atoms with Gasteiger partial charge in [-0.1, -0.05) is 25.3 Å². The lowest BCUT2D eigenvalue weighted by molar-refractivity contribution is -0.128. The average Bonchev–Trinajstić information content (AvgIpc) is 3.31. The molecule has 1 amide bonds. The number of hydrogen-bond acceptors (Lipinski definition) is 4. The van der Waals surface area contributed by atoms with E-state index in [1.165, 1.54) is 0 Å². The van der Waals surface area contributed by atoms with Crippen molar-refractivity contribution in [3.63, 3.8) is 0 Å². The van der Waals surface area contributed by atoms with E-state index < -0.39 is 0 Å². The Balaban J connectivity index is 1.58. The molecule has 2 aliphatic carbocycles. The van der Waals surface area contributed by atoms with E-state index in [1.54, 1.807) is 0 Å². The molecule has 3 aliphatic rings. The summed E-state index contributed by atoms with van der Waals surface area (Å²) >= 11 is 0. The van der Waals surface area contributed by atoms with Gasteiger partial charge in [0.05, 0.1) is 5.54 Å². The summed E-state index contributed by atoms with van der Waals surface area (Å²) in [6.07, 6.45) is 7.39. The third kappa shape index (κ3) is 3.10. The Morgan fingerprint density at radius 1 is 1.12 bits per heavy atom. The number of rotatable bonds is 4. The minimum atomic E-state index is -0.269. The van der Waals surface area contributed by atoms with Crippen molar-refractivity contribution in [1.82, 2.24) is 5.32 Å². The Morgan fingerprint density at radius 2 is 1.88 bits per heavy atom. The molecular weight excluding hydrogens is 316 g/mol. The van der Waals surface area contributed by atoms with Crippen LogP contribution in [0.4, 0.5) is 0 Å². The standard InChI is InChI=1S/C20H28N2O3/c21-13-14-4-3-5-16(14)19(23)22-20(8-1-2-9-20)15-6-7-17-18(12-15)25-11-10-24-17/h6-7,12,14,16H,1-5,8-11,13,21H2,(H,22,23)/t14-,16-/m1/s1. The molecule has 0 bridgehead atoms. The van der Waals surface area contributed by atoms with Crippen LogP contribution in [0.25, 0.3) is 0 Å². The number of fused-ring (bicyclic) bond motifs is 1. The van der Waals surface area contributed by atoms with Crippen LogP contribution < -0.4 is 20.5 Å². The molecule has 1 aromatic rings. The fourth-order valence-electron chi connectivity index (χ4n) is 4.80. The largest absolute Gasteiger partial charge is 0.486 e. The zero-order chi connectivity index (χ0) is 17.3. The topological polar surface area (TPSA) is 73.6 Å². The zero-order valence-corrected chi connectivity index (χ0v) is 14.8. The number of nitrogens with one attached hydrogen (secondary N) is 1. The van der Waals surface area contributed by atoms with Crippen molar-refractivity contribution < 1.29 is 14.3 Å². The molecule has 4 rings (SSSR count). The number of carbonyl (C=O) groups is 1. The predicted octanol–water partition coefficient (Wildman–Crippen LogP) is 2.72. The molecular formula is C20H28N2O3. The summed E-state index contributed by atoms with van der Waals surface area (Å²) in [5.41, 5.74) is 6.75. The second kappa shape index (κ2) is 6.87. The molecule has 3 N–H and O–H groups in total. The lowest BCUT2D eigenvalue weighted by Gasteiger charge is -2.34. The molecule has 0 radical (unpaired) electrons. The van der Waals surface area contributed by atoms with Crippen LogP contribution in [0.5, 0.6) is 11.5 Å². The van der Waals surface area contributed by atoms with Gasteiger partial charge in [-0.15, -0.1) is 0 Å². The molecule has 1 aromatic carbocycles. The Hall–Kier alpha value is -1.75. The first kappa shape index (κ1) is 16.7. The van der Waals surface area contributed by atoms with E-state index in [2.05, 4.69) is 17.4 Å². The van der Waals surface area contributed by atoms with E-state index in [-0.39, 0.29) is 17.4 Å². The highest BCUT2D eigenvalue weighted by Gasteiger charge is 2.41. The van der Waals surface area contributed by atoms with Gasteiger partial charge in [-0.25, -0.2) is 0 Å². The van der Waals surface area contributed by atoms with Crippen LogP contribution in [0.15, 0.2) is 18.2 Å². The molecule has 1 aliphatic heterocycles. The van der Waals surface area contributed by atoms with Gasteiger partial charge in [-0.3, -0.25) is 4.79 Å². The van der Waals surface area contributed by atoms with E-state index in [4.69, 9.17) is 15.2 Å². The molecule has 0 aromatic heterocycles. The van der Waals surface area contributed by atoms with Crippen LogP contribution in [-0.2, 0) is 10.3 Å². The molecule has 0 unspecified atom stereocenters. The van der Waals surface area contributed by atoms with Crippen LogP contribution in [-0.4, -0.2) is 25.7 Å². The van der Waals surface area contributed by atoms with Gasteiger partial charge in [0.15, 0.2) is 11.5 Å². The van der Waals surface area contributed by atoms with E-state index in [0.717, 1.165) is 62.0 Å². The first-order valence-electron chi connectivity index (χ1n) is 9.64. The van der Waals surface area contributed by atoms with Gasteiger partial charge in [0.1, 0.15) is 13.2 Å². The van der Waals surface area contributed by atoms with Crippen LogP contribution >= 0.6 is 0 Å². The number of amides is 1. The highest BCUT2D eigenvalue weighted by molar-refractivity contribution is 5.80. The van der Waals surface area contributed by atoms with E-state index >= 15 is 0 Å². The van der Waals surface area contributed by atoms with Crippen molar-refractivity contribution in [2.75, 3.05) is 19.8 Å². The number of carbonyl (C=O) groups excluding carboxylic acids is 1. The number of ether oxygens (including phenoxy) is 2. The molecule has 0 saturated heterocycles. The normalized spacial score (nSPS) is 27.2. The van der Waals surface area contributed by atoms with Crippen LogP contribution in [0, 0.1) is 11.8 Å². The quantitative estimate of drug-likeness (QED) is 0.881. The van der Waals surface area contributed by atoms with E-state index in [0.29, 0.717) is 25.7 Å². The van der Waals surface area contributed by atoms with Crippen molar-refractivity contribution in [3.05, 3.63) is 23.8 Å². The van der Waals surface area contributed by atoms with Gasteiger partial charge >= 0.3 is 0 Å². The third-order valence-corrected chi connectivity index (χ3v) is 6.21. The predicted molar refractivity (Wildman–Crippen MR) is 95.6 cm³/mol. The Kier molecular flexibility index (Phi) is 4.59. The molecule has 136 valence electrons. The van der Waals surface area contributed by atoms with Gasteiger partial charge in [0, 0.05) is 5.92 Å². The first-order chi connectivity index (χ1) is 12.2. The average molecular weight is 344 g/mol. The summed E-state index contributed by atoms with van der Waals surface area (Å²) in [4.78, 5) is 13.0. The smallest absolute Gasteiger partial charge is 0.224 e. The lowest BCUT2D eigenvalue weighted by atomic mass is 9.86. The Bertz CT molecular complexity index is 640. The monoisotopic (exact) mass is 344 g/mol. The molecule has 2 fully saturated rings. The maximum absolute atomic E-state index is 13.0. The fraction of sp³-hybridized carbons (Fsp3) is 0.650. The van der Waals surface area contributed by atoms with Gasteiger partial charge < -0.3 is 20.5 Å². The number of benzene rings is 1. The van der Waals surface area contributed by atoms with Gasteiger partial charge in [0.2, 0.25) is 5.91 Å². The molecule has 5 nitrogen and oxygen atoms in total. The summed E-state index contributed by atoms with van der Waals surface area (Å²) < 4.78 is 11.4. The fourth-order valence-corrected chi connectivity index (χ4v) is 4.80. The molecule has 1 heterocycles. The summed E-state index contributed by atoms with van der Waals surface area (Å²) in [5, 5.41) is 3.43. The Labute approximate surface area is 149 Å². The zero-order valence-electron chi connectivity index (χ0n) is 14.8. The maximum atomic E-state index is 13.0. The molecule has 5 heteroatoms. The van der Waals surface area contributed by atoms with E-state index in [1.807, 2.05) is 6.07 Å². The summed E-state index contributed by atoms with van der Waals surface area (Å²) in [6.45, 7) is 1.78. The highest BCUT2D eigenvalue weighted by Crippen LogP contribution is 2.43. The Morgan fingerprint density at radius 3 is 2.64 bits per heavy atom. The van der Waals surface area contributed by atoms with Gasteiger partial charge in [-0.2, -0.15) is 0 Å². The van der Waals surface area contributed by atoms with E-state index in [9.17, 15) is 4.79 Å². The molecule has 25 heavy (non-hydrogen) atoms. The summed E-state index contributed by atoms with van der Waals surface area (Å²) in [5.74, 6) is 2.18. The maximum Gasteiger partial charge on any atom is 0.224 e. The summed E-state index contributed by atoms with van der Waals surface area (Å²) in [6, 6.07) is 6.14. The SMILES string of the molecule is NC[C@H]1CCC[C@H]1C(=O)NC1(c2ccc3c(c2)OCCO3)CCCC1. The molecule has 0 spiro atoms. The molecule has 2 atom stereocenters. The second-order valence-corrected chi connectivity index (χ2v) is 7.67. The number of hydrogen-bond donors (Lipinski definition) is 2. The van der Waals surface area contributed by atoms with Crippen LogP contribution in [0.3, 0.4) is 0 Å². The lowest BCUT2D eigenvalue weighted by Crippen LogP contribution is -2.47. The van der Waals surface area contributed by atoms with Crippen LogP contribution in [0.2, 0.25) is 0 Å². The van der Waals surface area contributed by atoms with Crippen molar-refractivity contribution in [1.29, 1.82) is 0 Å². The highest BCUT2D eigenvalue weighted by atomic mass is 16.6. The number of nitrogens with two attached hydrogens (primary N) is 1. The van der Waals surface area contributed by atoms with Crippen molar-refractivity contribution in [3.8, 4) is 11.5 Å². The van der Waals surface area contributed by atoms with Crippen molar-refractivity contribution in [2.45, 2.75) is 50.5 Å². The first-order valence-corrected chi connectivity index (χ1v) is 9.64. The van der Waals surface area contributed by atoms with Crippen molar-refractivity contribution in [2.24, 2.45) is 17.6 Å². The second-order valence-electron chi connectivity index (χ2n) is 7.67. The molecule has 2 saturated carbocycles.